The summed E-state index contributed by atoms with van der Waals surface area (Å²) in [6, 6.07) is 13.2. The van der Waals surface area contributed by atoms with E-state index in [9.17, 15) is 14.0 Å². The molecule has 0 fully saturated rings. The van der Waals surface area contributed by atoms with E-state index < -0.39 is 5.25 Å². The Bertz CT molecular complexity index is 704. The average Bonchev–Trinajstić information content (AvgIpc) is 2.51. The second kappa shape index (κ2) is 7.78. The van der Waals surface area contributed by atoms with E-state index in [1.54, 1.807) is 49.4 Å². The Morgan fingerprint density at radius 2 is 1.57 bits per heavy atom. The zero-order valence-electron chi connectivity index (χ0n) is 12.8. The summed E-state index contributed by atoms with van der Waals surface area (Å²) < 4.78 is 13.6. The predicted molar refractivity (Wildman–Crippen MR) is 91.1 cm³/mol. The zero-order chi connectivity index (χ0) is 16.8. The van der Waals surface area contributed by atoms with Gasteiger partial charge in [-0.2, -0.15) is 0 Å². The van der Waals surface area contributed by atoms with Gasteiger partial charge in [0.2, 0.25) is 11.8 Å². The van der Waals surface area contributed by atoms with Crippen molar-refractivity contribution in [3.05, 3.63) is 54.3 Å². The van der Waals surface area contributed by atoms with Gasteiger partial charge in [-0.3, -0.25) is 9.59 Å². The summed E-state index contributed by atoms with van der Waals surface area (Å²) in [7, 11) is 0. The molecule has 0 aromatic heterocycles. The first kappa shape index (κ1) is 17.0. The molecule has 0 saturated carbocycles. The van der Waals surface area contributed by atoms with Gasteiger partial charge in [-0.1, -0.05) is 12.1 Å². The van der Waals surface area contributed by atoms with Crippen LogP contribution in [0.4, 0.5) is 15.8 Å². The van der Waals surface area contributed by atoms with Gasteiger partial charge in [0.25, 0.3) is 0 Å². The van der Waals surface area contributed by atoms with Crippen molar-refractivity contribution in [2.75, 3.05) is 10.6 Å². The van der Waals surface area contributed by atoms with E-state index in [1.165, 1.54) is 24.8 Å². The molecular weight excluding hydrogens is 315 g/mol. The monoisotopic (exact) mass is 332 g/mol. The fraction of sp³-hybridized carbons (Fsp3) is 0.176. The number of thioether (sulfide) groups is 1. The third-order valence-corrected chi connectivity index (χ3v) is 4.14. The molecule has 2 amide bonds. The molecule has 2 N–H and O–H groups in total. The normalized spacial score (nSPS) is 11.6. The van der Waals surface area contributed by atoms with Gasteiger partial charge in [-0.25, -0.2) is 4.39 Å². The first-order chi connectivity index (χ1) is 11.0. The highest BCUT2D eigenvalue weighted by atomic mass is 32.2. The minimum absolute atomic E-state index is 0.156. The first-order valence-electron chi connectivity index (χ1n) is 7.05. The molecule has 0 saturated heterocycles. The summed E-state index contributed by atoms with van der Waals surface area (Å²) in [4.78, 5) is 23.6. The van der Waals surface area contributed by atoms with Crippen molar-refractivity contribution in [3.8, 4) is 0 Å². The largest absolute Gasteiger partial charge is 0.326 e. The van der Waals surface area contributed by atoms with E-state index in [1.807, 2.05) is 0 Å². The second-order valence-electron chi connectivity index (χ2n) is 4.94. The summed E-state index contributed by atoms with van der Waals surface area (Å²) in [6.45, 7) is 3.15. The van der Waals surface area contributed by atoms with Crippen LogP contribution in [0.15, 0.2) is 53.4 Å². The summed E-state index contributed by atoms with van der Waals surface area (Å²) in [5.74, 6) is -0.709. The van der Waals surface area contributed by atoms with Crippen molar-refractivity contribution < 1.29 is 14.0 Å². The van der Waals surface area contributed by atoms with Crippen LogP contribution in [-0.4, -0.2) is 17.1 Å². The van der Waals surface area contributed by atoms with Gasteiger partial charge in [0.1, 0.15) is 5.82 Å². The molecule has 0 radical (unpaired) electrons. The van der Waals surface area contributed by atoms with Gasteiger partial charge in [-0.15, -0.1) is 11.8 Å². The van der Waals surface area contributed by atoms with Crippen LogP contribution < -0.4 is 10.6 Å². The number of anilines is 2. The molecule has 6 heteroatoms. The highest BCUT2D eigenvalue weighted by Crippen LogP contribution is 2.26. The van der Waals surface area contributed by atoms with E-state index in [4.69, 9.17) is 0 Å². The maximum absolute atomic E-state index is 13.6. The number of benzene rings is 2. The van der Waals surface area contributed by atoms with Gasteiger partial charge in [0, 0.05) is 23.2 Å². The van der Waals surface area contributed by atoms with Crippen LogP contribution in [0.3, 0.4) is 0 Å². The number of carbonyl (C=O) groups is 2. The molecule has 120 valence electrons. The minimum atomic E-state index is -0.443. The van der Waals surface area contributed by atoms with E-state index in [0.717, 1.165) is 0 Å². The molecule has 0 bridgehead atoms. The molecule has 2 aromatic carbocycles. The number of hydrogen-bond donors (Lipinski definition) is 2. The Kier molecular flexibility index (Phi) is 5.76. The maximum Gasteiger partial charge on any atom is 0.237 e. The first-order valence-corrected chi connectivity index (χ1v) is 7.93. The lowest BCUT2D eigenvalue weighted by atomic mass is 10.2. The van der Waals surface area contributed by atoms with Crippen LogP contribution in [0, 0.1) is 5.82 Å². The molecule has 0 aliphatic heterocycles. The summed E-state index contributed by atoms with van der Waals surface area (Å²) in [5, 5.41) is 4.97. The third-order valence-electron chi connectivity index (χ3n) is 2.98. The van der Waals surface area contributed by atoms with Crippen molar-refractivity contribution in [1.82, 2.24) is 0 Å². The van der Waals surface area contributed by atoms with Crippen molar-refractivity contribution in [2.45, 2.75) is 24.0 Å². The molecule has 0 heterocycles. The van der Waals surface area contributed by atoms with E-state index in [0.29, 0.717) is 16.3 Å². The quantitative estimate of drug-likeness (QED) is 0.816. The maximum atomic E-state index is 13.6. The fourth-order valence-electron chi connectivity index (χ4n) is 1.87. The lowest BCUT2D eigenvalue weighted by molar-refractivity contribution is -0.115. The van der Waals surface area contributed by atoms with Crippen molar-refractivity contribution in [1.29, 1.82) is 0 Å². The second-order valence-corrected chi connectivity index (χ2v) is 6.32. The molecule has 23 heavy (non-hydrogen) atoms. The van der Waals surface area contributed by atoms with Crippen molar-refractivity contribution >= 4 is 35.0 Å². The Labute approximate surface area is 138 Å². The predicted octanol–water partition coefficient (Wildman–Crippen LogP) is 3.90. The van der Waals surface area contributed by atoms with E-state index >= 15 is 0 Å². The molecule has 2 rings (SSSR count). The highest BCUT2D eigenvalue weighted by molar-refractivity contribution is 8.00. The number of carbonyl (C=O) groups excluding carboxylic acids is 2. The smallest absolute Gasteiger partial charge is 0.237 e. The van der Waals surface area contributed by atoms with Crippen LogP contribution in [-0.2, 0) is 9.59 Å². The average molecular weight is 332 g/mol. The fourth-order valence-corrected chi connectivity index (χ4v) is 2.75. The molecule has 0 aliphatic carbocycles. The number of halogens is 1. The van der Waals surface area contributed by atoms with Gasteiger partial charge in [0.15, 0.2) is 0 Å². The number of rotatable bonds is 5. The molecular formula is C17H17FN2O2S. The van der Waals surface area contributed by atoms with Crippen LogP contribution in [0.1, 0.15) is 13.8 Å². The van der Waals surface area contributed by atoms with Crippen LogP contribution in [0.5, 0.6) is 0 Å². The highest BCUT2D eigenvalue weighted by Gasteiger charge is 2.16. The molecule has 1 unspecified atom stereocenters. The molecule has 1 atom stereocenters. The van der Waals surface area contributed by atoms with Gasteiger partial charge in [-0.05, 0) is 43.3 Å². The minimum Gasteiger partial charge on any atom is -0.326 e. The Morgan fingerprint density at radius 1 is 1.00 bits per heavy atom. The summed E-state index contributed by atoms with van der Waals surface area (Å²) in [5.41, 5.74) is 1.27. The Balaban J connectivity index is 1.95. The van der Waals surface area contributed by atoms with E-state index in [-0.39, 0.29) is 17.6 Å². The molecule has 0 aliphatic rings. The lowest BCUT2D eigenvalue weighted by Crippen LogP contribution is -2.22. The summed E-state index contributed by atoms with van der Waals surface area (Å²) >= 11 is 1.17. The number of hydrogen-bond acceptors (Lipinski definition) is 3. The summed E-state index contributed by atoms with van der Waals surface area (Å²) in [6.07, 6.45) is 0. The Morgan fingerprint density at radius 3 is 2.13 bits per heavy atom. The van der Waals surface area contributed by atoms with Gasteiger partial charge in [0.05, 0.1) is 5.25 Å². The van der Waals surface area contributed by atoms with Gasteiger partial charge >= 0.3 is 0 Å². The third kappa shape index (κ3) is 5.10. The zero-order valence-corrected chi connectivity index (χ0v) is 13.6. The van der Waals surface area contributed by atoms with Crippen LogP contribution >= 0.6 is 11.8 Å². The SMILES string of the molecule is CC(=O)Nc1ccc(NC(=O)C(C)Sc2ccccc2F)cc1. The van der Waals surface area contributed by atoms with Crippen LogP contribution in [0.2, 0.25) is 0 Å². The standard InChI is InChI=1S/C17H17FN2O2S/c1-11(23-16-6-4-3-5-15(16)18)17(22)20-14-9-7-13(8-10-14)19-12(2)21/h3-11H,1-2H3,(H,19,21)(H,20,22). The van der Waals surface area contributed by atoms with E-state index in [2.05, 4.69) is 10.6 Å². The molecule has 4 nitrogen and oxygen atoms in total. The molecule has 0 spiro atoms. The van der Waals surface area contributed by atoms with Crippen molar-refractivity contribution in [3.63, 3.8) is 0 Å². The number of amides is 2. The van der Waals surface area contributed by atoms with Gasteiger partial charge < -0.3 is 10.6 Å². The lowest BCUT2D eigenvalue weighted by Gasteiger charge is -2.13. The number of nitrogens with one attached hydrogen (secondary N) is 2. The topological polar surface area (TPSA) is 58.2 Å². The van der Waals surface area contributed by atoms with Crippen LogP contribution in [0.25, 0.3) is 0 Å². The Hall–Kier alpha value is -2.34. The van der Waals surface area contributed by atoms with Crippen molar-refractivity contribution in [2.24, 2.45) is 0 Å². The molecule has 2 aromatic rings.